The zero-order valence-corrected chi connectivity index (χ0v) is 14.6. The molecular formula is C21H34O. The number of hydrogen-bond acceptors (Lipinski definition) is 1. The van der Waals surface area contributed by atoms with Crippen LogP contribution in [0.25, 0.3) is 0 Å². The van der Waals surface area contributed by atoms with Crippen molar-refractivity contribution in [3.8, 4) is 5.75 Å². The number of para-hydroxylation sites is 1. The molecule has 1 aliphatic rings. The second-order valence-corrected chi connectivity index (χ2v) is 7.20. The van der Waals surface area contributed by atoms with Crippen molar-refractivity contribution in [3.05, 3.63) is 30.3 Å². The first-order valence-corrected chi connectivity index (χ1v) is 9.49. The van der Waals surface area contributed by atoms with E-state index in [0.29, 0.717) is 6.10 Å². The molecule has 0 amide bonds. The summed E-state index contributed by atoms with van der Waals surface area (Å²) in [5.41, 5.74) is 0. The highest BCUT2D eigenvalue weighted by atomic mass is 16.5. The highest BCUT2D eigenvalue weighted by Crippen LogP contribution is 2.34. The molecule has 2 rings (SSSR count). The van der Waals surface area contributed by atoms with Gasteiger partial charge in [-0.1, -0.05) is 76.5 Å². The summed E-state index contributed by atoms with van der Waals surface area (Å²) in [4.78, 5) is 0. The molecular weight excluding hydrogens is 268 g/mol. The van der Waals surface area contributed by atoms with E-state index in [1.807, 2.05) is 18.2 Å². The maximum Gasteiger partial charge on any atom is 0.119 e. The maximum atomic E-state index is 5.99. The van der Waals surface area contributed by atoms with Crippen LogP contribution in [0.1, 0.15) is 78.1 Å². The van der Waals surface area contributed by atoms with Gasteiger partial charge in [0.25, 0.3) is 0 Å². The van der Waals surface area contributed by atoms with Crippen molar-refractivity contribution in [2.24, 2.45) is 11.8 Å². The van der Waals surface area contributed by atoms with Gasteiger partial charge in [0.15, 0.2) is 0 Å². The standard InChI is InChI=1S/C21H34O/c1-3-4-6-9-19-14-16-20(17-15-19)13-12-18(2)22-21-10-7-5-8-11-21/h5,7-8,10-11,18-20H,3-4,6,9,12-17H2,1-2H3. The second kappa shape index (κ2) is 9.92. The van der Waals surface area contributed by atoms with Crippen LogP contribution in [-0.4, -0.2) is 6.10 Å². The van der Waals surface area contributed by atoms with Gasteiger partial charge in [-0.3, -0.25) is 0 Å². The molecule has 1 unspecified atom stereocenters. The van der Waals surface area contributed by atoms with Crippen LogP contribution < -0.4 is 4.74 Å². The zero-order chi connectivity index (χ0) is 15.6. The molecule has 124 valence electrons. The average Bonchev–Trinajstić information content (AvgIpc) is 2.55. The molecule has 0 saturated heterocycles. The van der Waals surface area contributed by atoms with E-state index in [0.717, 1.165) is 17.6 Å². The molecule has 22 heavy (non-hydrogen) atoms. The summed E-state index contributed by atoms with van der Waals surface area (Å²) in [7, 11) is 0. The first kappa shape index (κ1) is 17.4. The molecule has 1 atom stereocenters. The molecule has 0 radical (unpaired) electrons. The van der Waals surface area contributed by atoms with Gasteiger partial charge in [-0.2, -0.15) is 0 Å². The largest absolute Gasteiger partial charge is 0.491 e. The van der Waals surface area contributed by atoms with E-state index in [9.17, 15) is 0 Å². The first-order chi connectivity index (χ1) is 10.8. The Labute approximate surface area is 137 Å². The summed E-state index contributed by atoms with van der Waals surface area (Å²) in [5, 5.41) is 0. The molecule has 1 saturated carbocycles. The van der Waals surface area contributed by atoms with Crippen LogP contribution in [0, 0.1) is 11.8 Å². The fraction of sp³-hybridized carbons (Fsp3) is 0.714. The number of rotatable bonds is 9. The van der Waals surface area contributed by atoms with Gasteiger partial charge < -0.3 is 4.74 Å². The monoisotopic (exact) mass is 302 g/mol. The average molecular weight is 303 g/mol. The molecule has 0 N–H and O–H groups in total. The third kappa shape index (κ3) is 6.42. The quantitative estimate of drug-likeness (QED) is 0.466. The Bertz CT molecular complexity index is 378. The third-order valence-corrected chi connectivity index (χ3v) is 5.24. The lowest BCUT2D eigenvalue weighted by Gasteiger charge is -2.29. The SMILES string of the molecule is CCCCCC1CCC(CCC(C)Oc2ccccc2)CC1. The fourth-order valence-corrected chi connectivity index (χ4v) is 3.75. The van der Waals surface area contributed by atoms with Crippen molar-refractivity contribution in [3.63, 3.8) is 0 Å². The highest BCUT2D eigenvalue weighted by Gasteiger charge is 2.21. The fourth-order valence-electron chi connectivity index (χ4n) is 3.75. The van der Waals surface area contributed by atoms with Gasteiger partial charge in [-0.15, -0.1) is 0 Å². The van der Waals surface area contributed by atoms with E-state index >= 15 is 0 Å². The topological polar surface area (TPSA) is 9.23 Å². The van der Waals surface area contributed by atoms with Gasteiger partial charge in [0.05, 0.1) is 6.10 Å². The van der Waals surface area contributed by atoms with Crippen LogP contribution in [0.15, 0.2) is 30.3 Å². The second-order valence-electron chi connectivity index (χ2n) is 7.20. The third-order valence-electron chi connectivity index (χ3n) is 5.24. The molecule has 1 fully saturated rings. The number of unbranched alkanes of at least 4 members (excludes halogenated alkanes) is 2. The Morgan fingerprint density at radius 2 is 1.59 bits per heavy atom. The van der Waals surface area contributed by atoms with E-state index < -0.39 is 0 Å². The van der Waals surface area contributed by atoms with Crippen LogP contribution in [0.5, 0.6) is 5.75 Å². The van der Waals surface area contributed by atoms with Crippen LogP contribution in [0.3, 0.4) is 0 Å². The van der Waals surface area contributed by atoms with Crippen LogP contribution in [0.2, 0.25) is 0 Å². The van der Waals surface area contributed by atoms with E-state index in [1.165, 1.54) is 64.2 Å². The highest BCUT2D eigenvalue weighted by molar-refractivity contribution is 5.21. The van der Waals surface area contributed by atoms with Crippen molar-refractivity contribution in [1.29, 1.82) is 0 Å². The number of hydrogen-bond donors (Lipinski definition) is 0. The smallest absolute Gasteiger partial charge is 0.119 e. The van der Waals surface area contributed by atoms with Crippen molar-refractivity contribution in [1.82, 2.24) is 0 Å². The van der Waals surface area contributed by atoms with E-state index in [4.69, 9.17) is 4.74 Å². The van der Waals surface area contributed by atoms with Crippen LogP contribution >= 0.6 is 0 Å². The molecule has 1 heteroatoms. The Hall–Kier alpha value is -0.980. The summed E-state index contributed by atoms with van der Waals surface area (Å²) >= 11 is 0. The zero-order valence-electron chi connectivity index (χ0n) is 14.6. The van der Waals surface area contributed by atoms with Crippen molar-refractivity contribution in [2.75, 3.05) is 0 Å². The van der Waals surface area contributed by atoms with Crippen LogP contribution in [0.4, 0.5) is 0 Å². The summed E-state index contributed by atoms with van der Waals surface area (Å²) in [5.74, 6) is 2.99. The van der Waals surface area contributed by atoms with Gasteiger partial charge in [-0.05, 0) is 43.7 Å². The van der Waals surface area contributed by atoms with Gasteiger partial charge >= 0.3 is 0 Å². The molecule has 0 aliphatic heterocycles. The Kier molecular flexibility index (Phi) is 7.83. The molecule has 0 spiro atoms. The number of benzene rings is 1. The summed E-state index contributed by atoms with van der Waals surface area (Å²) < 4.78 is 5.99. The maximum absolute atomic E-state index is 5.99. The van der Waals surface area contributed by atoms with E-state index in [-0.39, 0.29) is 0 Å². The molecule has 1 aromatic rings. The molecule has 1 nitrogen and oxygen atoms in total. The molecule has 0 heterocycles. The molecule has 1 aromatic carbocycles. The summed E-state index contributed by atoms with van der Waals surface area (Å²) in [6.45, 7) is 4.51. The predicted molar refractivity (Wildman–Crippen MR) is 95.4 cm³/mol. The molecule has 1 aliphatic carbocycles. The van der Waals surface area contributed by atoms with Crippen molar-refractivity contribution >= 4 is 0 Å². The van der Waals surface area contributed by atoms with Crippen molar-refractivity contribution < 1.29 is 4.74 Å². The molecule has 0 aromatic heterocycles. The lowest BCUT2D eigenvalue weighted by molar-refractivity contribution is 0.180. The first-order valence-electron chi connectivity index (χ1n) is 9.49. The van der Waals surface area contributed by atoms with Gasteiger partial charge in [0.2, 0.25) is 0 Å². The number of ether oxygens (including phenoxy) is 1. The normalized spacial score (nSPS) is 23.2. The minimum Gasteiger partial charge on any atom is -0.491 e. The van der Waals surface area contributed by atoms with Gasteiger partial charge in [0, 0.05) is 0 Å². The Morgan fingerprint density at radius 3 is 2.23 bits per heavy atom. The lowest BCUT2D eigenvalue weighted by Crippen LogP contribution is -2.18. The van der Waals surface area contributed by atoms with Gasteiger partial charge in [0.1, 0.15) is 5.75 Å². The predicted octanol–water partition coefficient (Wildman–Crippen LogP) is 6.62. The lowest BCUT2D eigenvalue weighted by atomic mass is 9.78. The minimum absolute atomic E-state index is 0.338. The van der Waals surface area contributed by atoms with Gasteiger partial charge in [-0.25, -0.2) is 0 Å². The Balaban J connectivity index is 1.58. The minimum atomic E-state index is 0.338. The Morgan fingerprint density at radius 1 is 0.955 bits per heavy atom. The molecule has 0 bridgehead atoms. The van der Waals surface area contributed by atoms with E-state index in [2.05, 4.69) is 26.0 Å². The van der Waals surface area contributed by atoms with Crippen molar-refractivity contribution in [2.45, 2.75) is 84.2 Å². The van der Waals surface area contributed by atoms with Crippen LogP contribution in [-0.2, 0) is 0 Å². The summed E-state index contributed by atoms with van der Waals surface area (Å²) in [6.07, 6.45) is 14.4. The van der Waals surface area contributed by atoms with E-state index in [1.54, 1.807) is 0 Å². The summed E-state index contributed by atoms with van der Waals surface area (Å²) in [6, 6.07) is 10.2.